The molecule has 150 valence electrons. The fraction of sp³-hybridized carbons (Fsp3) is 0.364. The van der Waals surface area contributed by atoms with Crippen molar-refractivity contribution >= 4 is 11.9 Å². The molecule has 0 aliphatic rings. The maximum absolute atomic E-state index is 11.5. The summed E-state index contributed by atoms with van der Waals surface area (Å²) in [6, 6.07) is 19.5. The van der Waals surface area contributed by atoms with Crippen molar-refractivity contribution in [2.75, 3.05) is 13.2 Å². The topological polar surface area (TPSA) is 93.1 Å². The number of carboxylic acid groups (broad SMARTS) is 2. The number of rotatable bonds is 13. The lowest BCUT2D eigenvalue weighted by Crippen LogP contribution is -2.44. The molecule has 2 unspecified atom stereocenters. The fourth-order valence-electron chi connectivity index (χ4n) is 2.84. The lowest BCUT2D eigenvalue weighted by Gasteiger charge is -2.21. The summed E-state index contributed by atoms with van der Waals surface area (Å²) in [4.78, 5) is 23.0. The van der Waals surface area contributed by atoms with Crippen LogP contribution in [0.15, 0.2) is 60.7 Å². The zero-order valence-electron chi connectivity index (χ0n) is 15.7. The van der Waals surface area contributed by atoms with E-state index in [4.69, 9.17) is 9.47 Å². The monoisotopic (exact) mass is 386 g/mol. The summed E-state index contributed by atoms with van der Waals surface area (Å²) in [6.07, 6.45) is -0.441. The Morgan fingerprint density at radius 1 is 0.679 bits per heavy atom. The van der Waals surface area contributed by atoms with Crippen LogP contribution in [0.5, 0.6) is 0 Å². The summed E-state index contributed by atoms with van der Waals surface area (Å²) in [5.41, 5.74) is 2.23. The maximum atomic E-state index is 11.5. The maximum Gasteiger partial charge on any atom is 0.336 e. The van der Waals surface area contributed by atoms with Gasteiger partial charge in [-0.3, -0.25) is 0 Å². The lowest BCUT2D eigenvalue weighted by atomic mass is 10.1. The third kappa shape index (κ3) is 7.50. The highest BCUT2D eigenvalue weighted by Gasteiger charge is 2.35. The van der Waals surface area contributed by atoms with Crippen molar-refractivity contribution in [1.82, 2.24) is 0 Å². The van der Waals surface area contributed by atoms with E-state index in [1.807, 2.05) is 60.7 Å². The van der Waals surface area contributed by atoms with Gasteiger partial charge in [-0.2, -0.15) is 0 Å². The number of aryl methyl sites for hydroxylation is 2. The molecule has 0 heterocycles. The van der Waals surface area contributed by atoms with Gasteiger partial charge >= 0.3 is 11.9 Å². The van der Waals surface area contributed by atoms with Crippen LogP contribution in [0.25, 0.3) is 0 Å². The largest absolute Gasteiger partial charge is 0.479 e. The van der Waals surface area contributed by atoms with Crippen molar-refractivity contribution in [2.24, 2.45) is 0 Å². The van der Waals surface area contributed by atoms with Crippen LogP contribution < -0.4 is 0 Å². The number of carbonyl (C=O) groups is 2. The van der Waals surface area contributed by atoms with Crippen molar-refractivity contribution in [3.63, 3.8) is 0 Å². The average Bonchev–Trinajstić information content (AvgIpc) is 2.70. The quantitative estimate of drug-likeness (QED) is 0.514. The predicted octanol–water partition coefficient (Wildman–Crippen LogP) is 3.19. The van der Waals surface area contributed by atoms with E-state index in [0.29, 0.717) is 12.8 Å². The van der Waals surface area contributed by atoms with Crippen molar-refractivity contribution in [2.45, 2.75) is 37.9 Å². The Bertz CT molecular complexity index is 653. The molecule has 0 amide bonds. The molecule has 0 aromatic heterocycles. The van der Waals surface area contributed by atoms with Crippen molar-refractivity contribution in [3.8, 4) is 0 Å². The minimum atomic E-state index is -1.54. The molecular weight excluding hydrogens is 360 g/mol. The number of hydrogen-bond donors (Lipinski definition) is 2. The highest BCUT2D eigenvalue weighted by Crippen LogP contribution is 2.10. The van der Waals surface area contributed by atoms with E-state index in [1.165, 1.54) is 0 Å². The molecule has 2 aromatic carbocycles. The summed E-state index contributed by atoms with van der Waals surface area (Å²) < 4.78 is 10.7. The zero-order chi connectivity index (χ0) is 20.2. The molecule has 0 aliphatic heterocycles. The van der Waals surface area contributed by atoms with Crippen molar-refractivity contribution in [3.05, 3.63) is 71.8 Å². The van der Waals surface area contributed by atoms with Gasteiger partial charge in [-0.05, 0) is 36.8 Å². The number of benzene rings is 2. The van der Waals surface area contributed by atoms with E-state index in [-0.39, 0.29) is 13.2 Å². The number of aliphatic carboxylic acids is 2. The molecule has 0 aliphatic carbocycles. The van der Waals surface area contributed by atoms with E-state index in [0.717, 1.165) is 24.0 Å². The molecule has 2 N–H and O–H groups in total. The van der Waals surface area contributed by atoms with Crippen molar-refractivity contribution in [1.29, 1.82) is 0 Å². The minimum absolute atomic E-state index is 0.142. The third-order valence-corrected chi connectivity index (χ3v) is 4.26. The Morgan fingerprint density at radius 3 is 1.36 bits per heavy atom. The van der Waals surface area contributed by atoms with Gasteiger partial charge < -0.3 is 19.7 Å². The van der Waals surface area contributed by atoms with Crippen LogP contribution in [0, 0.1) is 0 Å². The Labute approximate surface area is 164 Å². The Morgan fingerprint density at radius 2 is 1.04 bits per heavy atom. The van der Waals surface area contributed by atoms with Gasteiger partial charge in [-0.25, -0.2) is 9.59 Å². The average molecular weight is 386 g/mol. The van der Waals surface area contributed by atoms with Gasteiger partial charge in [0.25, 0.3) is 0 Å². The molecule has 6 nitrogen and oxygen atoms in total. The van der Waals surface area contributed by atoms with E-state index in [2.05, 4.69) is 0 Å². The van der Waals surface area contributed by atoms with Crippen LogP contribution in [0.4, 0.5) is 0 Å². The SMILES string of the molecule is O=C(O)C(OCCCc1ccccc1)C(OCCCc1ccccc1)C(=O)O. The van der Waals surface area contributed by atoms with Gasteiger partial charge in [0.2, 0.25) is 0 Å². The van der Waals surface area contributed by atoms with Crippen LogP contribution >= 0.6 is 0 Å². The summed E-state index contributed by atoms with van der Waals surface area (Å²) in [5.74, 6) is -2.68. The molecule has 0 radical (unpaired) electrons. The molecule has 0 fully saturated rings. The second kappa shape index (κ2) is 11.9. The number of carboxylic acids is 2. The third-order valence-electron chi connectivity index (χ3n) is 4.26. The smallest absolute Gasteiger partial charge is 0.336 e. The molecule has 2 atom stereocenters. The van der Waals surface area contributed by atoms with Gasteiger partial charge in [0.1, 0.15) is 0 Å². The first-order valence-electron chi connectivity index (χ1n) is 9.34. The van der Waals surface area contributed by atoms with Crippen LogP contribution in [0.2, 0.25) is 0 Å². The highest BCUT2D eigenvalue weighted by atomic mass is 16.6. The van der Waals surface area contributed by atoms with E-state index in [9.17, 15) is 19.8 Å². The summed E-state index contributed by atoms with van der Waals surface area (Å²) >= 11 is 0. The summed E-state index contributed by atoms with van der Waals surface area (Å²) in [7, 11) is 0. The van der Waals surface area contributed by atoms with Crippen LogP contribution in [-0.4, -0.2) is 47.6 Å². The van der Waals surface area contributed by atoms with Gasteiger partial charge in [0.15, 0.2) is 12.2 Å². The molecule has 28 heavy (non-hydrogen) atoms. The van der Waals surface area contributed by atoms with Crippen LogP contribution in [0.1, 0.15) is 24.0 Å². The molecule has 0 saturated heterocycles. The molecular formula is C22H26O6. The number of ether oxygens (including phenoxy) is 2. The molecule has 0 spiro atoms. The minimum Gasteiger partial charge on any atom is -0.479 e. The van der Waals surface area contributed by atoms with Gasteiger partial charge in [-0.1, -0.05) is 60.7 Å². The summed E-state index contributed by atoms with van der Waals surface area (Å²) in [6.45, 7) is 0.284. The first kappa shape index (κ1) is 21.6. The normalized spacial score (nSPS) is 13.0. The van der Waals surface area contributed by atoms with Gasteiger partial charge in [0.05, 0.1) is 0 Å². The lowest BCUT2D eigenvalue weighted by molar-refractivity contribution is -0.176. The second-order valence-corrected chi connectivity index (χ2v) is 6.44. The van der Waals surface area contributed by atoms with Crippen LogP contribution in [0.3, 0.4) is 0 Å². The Balaban J connectivity index is 1.79. The molecule has 0 saturated carbocycles. The molecule has 6 heteroatoms. The molecule has 2 aromatic rings. The predicted molar refractivity (Wildman–Crippen MR) is 104 cm³/mol. The highest BCUT2D eigenvalue weighted by molar-refractivity contribution is 5.83. The second-order valence-electron chi connectivity index (χ2n) is 6.44. The zero-order valence-corrected chi connectivity index (χ0v) is 15.7. The molecule has 2 rings (SSSR count). The number of hydrogen-bond acceptors (Lipinski definition) is 4. The van der Waals surface area contributed by atoms with E-state index >= 15 is 0 Å². The first-order chi connectivity index (χ1) is 13.6. The van der Waals surface area contributed by atoms with Gasteiger partial charge in [0, 0.05) is 13.2 Å². The van der Waals surface area contributed by atoms with E-state index in [1.54, 1.807) is 0 Å². The van der Waals surface area contributed by atoms with Crippen molar-refractivity contribution < 1.29 is 29.3 Å². The summed E-state index contributed by atoms with van der Waals surface area (Å²) in [5, 5.41) is 18.8. The van der Waals surface area contributed by atoms with Crippen LogP contribution in [-0.2, 0) is 31.9 Å². The van der Waals surface area contributed by atoms with Gasteiger partial charge in [-0.15, -0.1) is 0 Å². The first-order valence-corrected chi connectivity index (χ1v) is 9.34. The fourth-order valence-corrected chi connectivity index (χ4v) is 2.84. The van der Waals surface area contributed by atoms with E-state index < -0.39 is 24.1 Å². The standard InChI is InChI=1S/C22H26O6/c23-21(24)19(27-15-7-13-17-9-3-1-4-10-17)20(22(25)26)28-16-8-14-18-11-5-2-6-12-18/h1-6,9-12,19-20H,7-8,13-16H2,(H,23,24)(H,25,26). The molecule has 0 bridgehead atoms. The Hall–Kier alpha value is -2.70. The Kier molecular flexibility index (Phi) is 9.18.